The molecular weight excluding hydrogens is 582 g/mol. The Bertz CT molecular complexity index is 1580. The van der Waals surface area contributed by atoms with Gasteiger partial charge in [0, 0.05) is 56.8 Å². The van der Waals surface area contributed by atoms with Gasteiger partial charge in [0.25, 0.3) is 5.56 Å². The predicted octanol–water partition coefficient (Wildman–Crippen LogP) is 5.91. The van der Waals surface area contributed by atoms with Crippen molar-refractivity contribution in [2.45, 2.75) is 58.0 Å². The van der Waals surface area contributed by atoms with Gasteiger partial charge >= 0.3 is 6.09 Å². The van der Waals surface area contributed by atoms with Gasteiger partial charge in [0.05, 0.1) is 14.2 Å². The molecule has 10 heteroatoms. The number of carbonyl (C=O) groups is 2. The van der Waals surface area contributed by atoms with Crippen LogP contribution in [-0.2, 0) is 23.0 Å². The summed E-state index contributed by atoms with van der Waals surface area (Å²) in [7, 11) is 4.90. The number of pyridine rings is 1. The standard InChI is InChI=1S/C34H42ClN3O6/c1-21(39)36-13-10-23-17-30(42-6)31(43-7)19-27(23)22-8-9-26(29(35)16-22)28-20-38(33(41)44-34(2,3)4)15-12-25(28)24-11-14-37(5)32(40)18-24/h8-9,11,14,16-19,25,28H,10,12-13,15,20H2,1-7H3,(H,36,39)/t25-,28+/m1/s1. The predicted molar refractivity (Wildman–Crippen MR) is 172 cm³/mol. The first-order valence-electron chi connectivity index (χ1n) is 14.7. The molecule has 1 N–H and O–H groups in total. The summed E-state index contributed by atoms with van der Waals surface area (Å²) in [6.07, 6.45) is 2.64. The fourth-order valence-electron chi connectivity index (χ4n) is 5.72. The molecule has 0 unspecified atom stereocenters. The van der Waals surface area contributed by atoms with Crippen molar-refractivity contribution >= 4 is 23.6 Å². The summed E-state index contributed by atoms with van der Waals surface area (Å²) in [5.41, 5.74) is 3.85. The summed E-state index contributed by atoms with van der Waals surface area (Å²) in [6, 6.07) is 13.4. The number of amides is 2. The molecule has 1 saturated heterocycles. The topological polar surface area (TPSA) is 99.1 Å². The van der Waals surface area contributed by atoms with Gasteiger partial charge in [-0.05, 0) is 91.6 Å². The minimum atomic E-state index is -0.620. The molecule has 1 aliphatic heterocycles. The number of carbonyl (C=O) groups excluding carboxylic acids is 2. The zero-order valence-electron chi connectivity index (χ0n) is 26.5. The molecule has 236 valence electrons. The van der Waals surface area contributed by atoms with E-state index in [1.807, 2.05) is 57.2 Å². The smallest absolute Gasteiger partial charge is 0.410 e. The van der Waals surface area contributed by atoms with Crippen LogP contribution < -0.4 is 20.3 Å². The molecule has 0 aliphatic carbocycles. The van der Waals surface area contributed by atoms with Crippen LogP contribution in [0.5, 0.6) is 11.5 Å². The third-order valence-electron chi connectivity index (χ3n) is 7.91. The number of ether oxygens (including phenoxy) is 3. The molecule has 0 spiro atoms. The minimum Gasteiger partial charge on any atom is -0.493 e. The number of benzene rings is 2. The summed E-state index contributed by atoms with van der Waals surface area (Å²) in [5, 5.41) is 3.40. The highest BCUT2D eigenvalue weighted by molar-refractivity contribution is 6.31. The number of piperidine rings is 1. The Kier molecular flexibility index (Phi) is 10.3. The van der Waals surface area contributed by atoms with Gasteiger partial charge in [0.1, 0.15) is 5.60 Å². The molecule has 1 aliphatic rings. The van der Waals surface area contributed by atoms with E-state index in [0.717, 1.165) is 27.8 Å². The highest BCUT2D eigenvalue weighted by atomic mass is 35.5. The van der Waals surface area contributed by atoms with Crippen LogP contribution in [-0.4, -0.2) is 60.9 Å². The molecule has 0 saturated carbocycles. The van der Waals surface area contributed by atoms with E-state index in [2.05, 4.69) is 5.32 Å². The van der Waals surface area contributed by atoms with E-state index in [1.165, 1.54) is 6.92 Å². The van der Waals surface area contributed by atoms with Gasteiger partial charge in [-0.25, -0.2) is 4.79 Å². The summed E-state index contributed by atoms with van der Waals surface area (Å²) in [6.45, 7) is 8.40. The van der Waals surface area contributed by atoms with Crippen LogP contribution in [0.25, 0.3) is 11.1 Å². The lowest BCUT2D eigenvalue weighted by atomic mass is 9.76. The van der Waals surface area contributed by atoms with Crippen molar-refractivity contribution in [3.63, 3.8) is 0 Å². The SMILES string of the molecule is COc1cc(CCNC(C)=O)c(-c2ccc([C@H]3CN(C(=O)OC(C)(C)C)CC[C@@H]3c3ccn(C)c(=O)c3)c(Cl)c2)cc1OC. The van der Waals surface area contributed by atoms with Crippen LogP contribution >= 0.6 is 11.6 Å². The van der Waals surface area contributed by atoms with Crippen LogP contribution in [0.3, 0.4) is 0 Å². The van der Waals surface area contributed by atoms with Gasteiger partial charge in [-0.15, -0.1) is 0 Å². The van der Waals surface area contributed by atoms with Gasteiger partial charge in [0.15, 0.2) is 11.5 Å². The molecular formula is C34H42ClN3O6. The Morgan fingerprint density at radius 2 is 1.73 bits per heavy atom. The van der Waals surface area contributed by atoms with E-state index in [4.69, 9.17) is 25.8 Å². The van der Waals surface area contributed by atoms with Crippen molar-refractivity contribution < 1.29 is 23.8 Å². The second kappa shape index (κ2) is 13.8. The number of halogens is 1. The van der Waals surface area contributed by atoms with Crippen molar-refractivity contribution in [1.29, 1.82) is 0 Å². The van der Waals surface area contributed by atoms with Crippen LogP contribution in [0.4, 0.5) is 4.79 Å². The first-order chi connectivity index (χ1) is 20.8. The molecule has 9 nitrogen and oxygen atoms in total. The largest absolute Gasteiger partial charge is 0.493 e. The van der Waals surface area contributed by atoms with Crippen LogP contribution in [0, 0.1) is 0 Å². The van der Waals surface area contributed by atoms with E-state index in [1.54, 1.807) is 43.0 Å². The minimum absolute atomic E-state index is 0.0276. The maximum Gasteiger partial charge on any atom is 0.410 e. The summed E-state index contributed by atoms with van der Waals surface area (Å²) in [4.78, 5) is 38.9. The number of hydrogen-bond donors (Lipinski definition) is 1. The van der Waals surface area contributed by atoms with Gasteiger partial charge in [-0.1, -0.05) is 23.7 Å². The maximum atomic E-state index is 13.1. The quantitative estimate of drug-likeness (QED) is 0.335. The van der Waals surface area contributed by atoms with Crippen molar-refractivity contribution in [2.75, 3.05) is 33.9 Å². The molecule has 4 rings (SSSR count). The monoisotopic (exact) mass is 623 g/mol. The molecule has 0 radical (unpaired) electrons. The molecule has 44 heavy (non-hydrogen) atoms. The molecule has 2 aromatic carbocycles. The third-order valence-corrected chi connectivity index (χ3v) is 8.24. The van der Waals surface area contributed by atoms with E-state index < -0.39 is 5.60 Å². The number of hydrogen-bond acceptors (Lipinski definition) is 6. The average Bonchev–Trinajstić information content (AvgIpc) is 2.97. The zero-order chi connectivity index (χ0) is 32.2. The first-order valence-corrected chi connectivity index (χ1v) is 15.1. The Morgan fingerprint density at radius 3 is 2.34 bits per heavy atom. The molecule has 2 amide bonds. The van der Waals surface area contributed by atoms with Gasteiger partial charge in [0.2, 0.25) is 5.91 Å². The lowest BCUT2D eigenvalue weighted by molar-refractivity contribution is -0.118. The summed E-state index contributed by atoms with van der Waals surface area (Å²) >= 11 is 7.07. The van der Waals surface area contributed by atoms with E-state index in [0.29, 0.717) is 49.0 Å². The van der Waals surface area contributed by atoms with E-state index in [-0.39, 0.29) is 29.4 Å². The van der Waals surface area contributed by atoms with Crippen LogP contribution in [0.2, 0.25) is 5.02 Å². The maximum absolute atomic E-state index is 13.1. The summed E-state index contributed by atoms with van der Waals surface area (Å²) < 4.78 is 18.4. The van der Waals surface area contributed by atoms with Crippen LogP contribution in [0.15, 0.2) is 53.5 Å². The van der Waals surface area contributed by atoms with Gasteiger partial charge in [-0.2, -0.15) is 0 Å². The number of nitrogens with one attached hydrogen (secondary N) is 1. The Labute approximate surface area is 264 Å². The Morgan fingerprint density at radius 1 is 1.02 bits per heavy atom. The highest BCUT2D eigenvalue weighted by Crippen LogP contribution is 2.44. The van der Waals surface area contributed by atoms with Gasteiger partial charge < -0.3 is 29.0 Å². The number of nitrogens with zero attached hydrogens (tertiary/aromatic N) is 2. The van der Waals surface area contributed by atoms with Crippen molar-refractivity contribution in [1.82, 2.24) is 14.8 Å². The molecule has 0 bridgehead atoms. The van der Waals surface area contributed by atoms with E-state index >= 15 is 0 Å². The molecule has 3 aromatic rings. The van der Waals surface area contributed by atoms with Crippen LogP contribution in [0.1, 0.15) is 62.6 Å². The highest BCUT2D eigenvalue weighted by Gasteiger charge is 2.36. The molecule has 2 heterocycles. The Hall–Kier alpha value is -3.98. The Balaban J connectivity index is 1.75. The van der Waals surface area contributed by atoms with Gasteiger partial charge in [-0.3, -0.25) is 9.59 Å². The lowest BCUT2D eigenvalue weighted by Gasteiger charge is -2.40. The number of aryl methyl sites for hydroxylation is 1. The fourth-order valence-corrected chi connectivity index (χ4v) is 6.04. The normalized spacial score (nSPS) is 16.8. The average molecular weight is 624 g/mol. The number of methoxy groups -OCH3 is 2. The number of rotatable bonds is 8. The van der Waals surface area contributed by atoms with Crippen molar-refractivity contribution in [3.8, 4) is 22.6 Å². The lowest BCUT2D eigenvalue weighted by Crippen LogP contribution is -2.44. The van der Waals surface area contributed by atoms with E-state index in [9.17, 15) is 14.4 Å². The molecule has 1 aromatic heterocycles. The fraction of sp³-hybridized carbons (Fsp3) is 0.441. The van der Waals surface area contributed by atoms with Crippen molar-refractivity contribution in [3.05, 3.63) is 80.7 Å². The summed E-state index contributed by atoms with van der Waals surface area (Å²) in [5.74, 6) is 0.878. The van der Waals surface area contributed by atoms with Crippen molar-refractivity contribution in [2.24, 2.45) is 7.05 Å². The number of likely N-dealkylation sites (tertiary alicyclic amines) is 1. The number of aromatic nitrogens is 1. The molecule has 2 atom stereocenters. The second-order valence-electron chi connectivity index (χ2n) is 12.2. The zero-order valence-corrected chi connectivity index (χ0v) is 27.3. The molecule has 1 fully saturated rings. The second-order valence-corrected chi connectivity index (χ2v) is 12.6. The third kappa shape index (κ3) is 7.75. The first kappa shape index (κ1) is 32.9.